The van der Waals surface area contributed by atoms with Crippen molar-refractivity contribution in [3.8, 4) is 5.75 Å². The molecule has 0 heterocycles. The summed E-state index contributed by atoms with van der Waals surface area (Å²) in [5.41, 5.74) is -1.01. The number of amides is 1. The molecule has 1 aromatic rings. The number of hydrogen-bond donors (Lipinski definition) is 2. The van der Waals surface area contributed by atoms with Crippen LogP contribution in [-0.4, -0.2) is 34.7 Å². The van der Waals surface area contributed by atoms with E-state index in [1.54, 1.807) is 6.07 Å². The lowest BCUT2D eigenvalue weighted by Gasteiger charge is -2.22. The fourth-order valence-electron chi connectivity index (χ4n) is 2.40. The number of benzene rings is 1. The molecule has 1 aliphatic carbocycles. The first-order valence-electron chi connectivity index (χ1n) is 6.85. The maximum absolute atomic E-state index is 11.7. The van der Waals surface area contributed by atoms with Gasteiger partial charge >= 0.3 is 5.69 Å². The molecule has 1 fully saturated rings. The van der Waals surface area contributed by atoms with Crippen LogP contribution in [0.1, 0.15) is 25.7 Å². The van der Waals surface area contributed by atoms with Gasteiger partial charge in [0.05, 0.1) is 10.5 Å². The normalized spacial score (nSPS) is 16.4. The predicted octanol–water partition coefficient (Wildman–Crippen LogP) is 1.39. The van der Waals surface area contributed by atoms with E-state index >= 15 is 0 Å². The van der Waals surface area contributed by atoms with Crippen molar-refractivity contribution >= 4 is 11.6 Å². The SMILES string of the molecule is O=C(COc1ccccc1[N+](=O)[O-])NCC1(O)CCCC1. The molecule has 0 bridgehead atoms. The average Bonchev–Trinajstić information content (AvgIpc) is 2.90. The zero-order valence-electron chi connectivity index (χ0n) is 11.6. The Morgan fingerprint density at radius 3 is 2.71 bits per heavy atom. The second kappa shape index (κ2) is 6.53. The first-order chi connectivity index (χ1) is 10.0. The van der Waals surface area contributed by atoms with Crippen LogP contribution in [-0.2, 0) is 4.79 Å². The van der Waals surface area contributed by atoms with E-state index in [0.717, 1.165) is 12.8 Å². The largest absolute Gasteiger partial charge is 0.477 e. The van der Waals surface area contributed by atoms with E-state index < -0.39 is 16.4 Å². The number of nitrogens with zero attached hydrogens (tertiary/aromatic N) is 1. The zero-order valence-corrected chi connectivity index (χ0v) is 11.6. The van der Waals surface area contributed by atoms with E-state index in [-0.39, 0.29) is 24.6 Å². The summed E-state index contributed by atoms with van der Waals surface area (Å²) < 4.78 is 5.17. The Labute approximate surface area is 122 Å². The van der Waals surface area contributed by atoms with E-state index in [1.165, 1.54) is 18.2 Å². The molecule has 1 saturated carbocycles. The van der Waals surface area contributed by atoms with Crippen LogP contribution in [0.4, 0.5) is 5.69 Å². The molecule has 21 heavy (non-hydrogen) atoms. The van der Waals surface area contributed by atoms with Gasteiger partial charge in [-0.25, -0.2) is 0 Å². The molecular weight excluding hydrogens is 276 g/mol. The summed E-state index contributed by atoms with van der Waals surface area (Å²) in [6.45, 7) is -0.132. The zero-order chi connectivity index (χ0) is 15.3. The molecule has 0 atom stereocenters. The summed E-state index contributed by atoms with van der Waals surface area (Å²) in [4.78, 5) is 21.9. The molecule has 2 N–H and O–H groups in total. The Morgan fingerprint density at radius 1 is 1.38 bits per heavy atom. The lowest BCUT2D eigenvalue weighted by Crippen LogP contribution is -2.42. The molecule has 1 aliphatic rings. The molecule has 0 unspecified atom stereocenters. The molecule has 7 nitrogen and oxygen atoms in total. The second-order valence-corrected chi connectivity index (χ2v) is 5.22. The Hall–Kier alpha value is -2.15. The van der Waals surface area contributed by atoms with E-state index in [1.807, 2.05) is 0 Å². The van der Waals surface area contributed by atoms with Crippen molar-refractivity contribution in [1.29, 1.82) is 0 Å². The van der Waals surface area contributed by atoms with Crippen LogP contribution in [0, 0.1) is 10.1 Å². The molecule has 2 rings (SSSR count). The van der Waals surface area contributed by atoms with Crippen molar-refractivity contribution in [2.75, 3.05) is 13.2 Å². The highest BCUT2D eigenvalue weighted by Gasteiger charge is 2.31. The molecule has 0 saturated heterocycles. The van der Waals surface area contributed by atoms with Crippen molar-refractivity contribution in [2.24, 2.45) is 0 Å². The minimum atomic E-state index is -0.825. The fourth-order valence-corrected chi connectivity index (χ4v) is 2.40. The number of ether oxygens (including phenoxy) is 1. The van der Waals surface area contributed by atoms with Gasteiger partial charge in [-0.1, -0.05) is 25.0 Å². The number of aliphatic hydroxyl groups is 1. The van der Waals surface area contributed by atoms with Crippen LogP contribution in [0.15, 0.2) is 24.3 Å². The van der Waals surface area contributed by atoms with Crippen molar-refractivity contribution in [1.82, 2.24) is 5.32 Å². The summed E-state index contributed by atoms with van der Waals surface area (Å²) in [7, 11) is 0. The summed E-state index contributed by atoms with van der Waals surface area (Å²) >= 11 is 0. The van der Waals surface area contributed by atoms with Crippen LogP contribution < -0.4 is 10.1 Å². The van der Waals surface area contributed by atoms with Crippen LogP contribution in [0.5, 0.6) is 5.75 Å². The number of hydrogen-bond acceptors (Lipinski definition) is 5. The third-order valence-electron chi connectivity index (χ3n) is 3.57. The number of nitro benzene ring substituents is 1. The lowest BCUT2D eigenvalue weighted by atomic mass is 10.0. The Morgan fingerprint density at radius 2 is 2.05 bits per heavy atom. The third kappa shape index (κ3) is 4.16. The van der Waals surface area contributed by atoms with Gasteiger partial charge in [-0.15, -0.1) is 0 Å². The van der Waals surface area contributed by atoms with Crippen molar-refractivity contribution < 1.29 is 19.6 Å². The molecule has 0 aliphatic heterocycles. The van der Waals surface area contributed by atoms with Crippen LogP contribution >= 0.6 is 0 Å². The van der Waals surface area contributed by atoms with Gasteiger partial charge in [-0.3, -0.25) is 14.9 Å². The monoisotopic (exact) mass is 294 g/mol. The smallest absolute Gasteiger partial charge is 0.310 e. The fraction of sp³-hybridized carbons (Fsp3) is 0.500. The number of para-hydroxylation sites is 2. The molecule has 1 amide bonds. The highest BCUT2D eigenvalue weighted by molar-refractivity contribution is 5.77. The molecule has 114 valence electrons. The van der Waals surface area contributed by atoms with E-state index in [0.29, 0.717) is 12.8 Å². The van der Waals surface area contributed by atoms with Gasteiger partial charge in [0.15, 0.2) is 12.4 Å². The summed E-state index contributed by atoms with van der Waals surface area (Å²) in [5, 5.41) is 23.5. The second-order valence-electron chi connectivity index (χ2n) is 5.22. The lowest BCUT2D eigenvalue weighted by molar-refractivity contribution is -0.385. The van der Waals surface area contributed by atoms with Gasteiger partial charge in [-0.05, 0) is 18.9 Å². The number of carbonyl (C=O) groups is 1. The van der Waals surface area contributed by atoms with Crippen molar-refractivity contribution in [2.45, 2.75) is 31.3 Å². The van der Waals surface area contributed by atoms with Crippen LogP contribution in [0.2, 0.25) is 0 Å². The summed E-state index contributed by atoms with van der Waals surface area (Å²) in [5.74, 6) is -0.356. The van der Waals surface area contributed by atoms with Gasteiger partial charge < -0.3 is 15.2 Å². The van der Waals surface area contributed by atoms with Gasteiger partial charge in [0.1, 0.15) is 0 Å². The highest BCUT2D eigenvalue weighted by Crippen LogP contribution is 2.28. The minimum Gasteiger partial charge on any atom is -0.477 e. The molecular formula is C14H18N2O5. The van der Waals surface area contributed by atoms with Crippen LogP contribution in [0.3, 0.4) is 0 Å². The van der Waals surface area contributed by atoms with Gasteiger partial charge in [0.25, 0.3) is 5.91 Å². The van der Waals surface area contributed by atoms with Gasteiger partial charge in [-0.2, -0.15) is 0 Å². The highest BCUT2D eigenvalue weighted by atomic mass is 16.6. The Bertz CT molecular complexity index is 526. The summed E-state index contributed by atoms with van der Waals surface area (Å²) in [6.07, 6.45) is 3.27. The van der Waals surface area contributed by atoms with Gasteiger partial charge in [0, 0.05) is 12.6 Å². The minimum absolute atomic E-state index is 0.0530. The summed E-state index contributed by atoms with van der Waals surface area (Å²) in [6, 6.07) is 5.88. The van der Waals surface area contributed by atoms with E-state index in [4.69, 9.17) is 4.74 Å². The number of nitrogens with one attached hydrogen (secondary N) is 1. The molecule has 7 heteroatoms. The van der Waals surface area contributed by atoms with Crippen molar-refractivity contribution in [3.63, 3.8) is 0 Å². The number of nitro groups is 1. The van der Waals surface area contributed by atoms with E-state index in [2.05, 4.69) is 5.32 Å². The molecule has 0 aromatic heterocycles. The predicted molar refractivity (Wildman–Crippen MR) is 75.0 cm³/mol. The Balaban J connectivity index is 1.83. The van der Waals surface area contributed by atoms with Gasteiger partial charge in [0.2, 0.25) is 0 Å². The van der Waals surface area contributed by atoms with Crippen LogP contribution in [0.25, 0.3) is 0 Å². The number of rotatable bonds is 6. The molecule has 0 radical (unpaired) electrons. The topological polar surface area (TPSA) is 102 Å². The third-order valence-corrected chi connectivity index (χ3v) is 3.57. The maximum Gasteiger partial charge on any atom is 0.310 e. The molecule has 0 spiro atoms. The standard InChI is InChI=1S/C14H18N2O5/c17-13(15-10-14(18)7-3-4-8-14)9-21-12-6-2-1-5-11(12)16(19)20/h1-2,5-6,18H,3-4,7-10H2,(H,15,17). The Kier molecular flexibility index (Phi) is 4.74. The van der Waals surface area contributed by atoms with Crippen molar-refractivity contribution in [3.05, 3.63) is 34.4 Å². The van der Waals surface area contributed by atoms with E-state index in [9.17, 15) is 20.0 Å². The first-order valence-corrected chi connectivity index (χ1v) is 6.85. The number of carbonyl (C=O) groups excluding carboxylic acids is 1. The molecule has 1 aromatic carbocycles. The maximum atomic E-state index is 11.7. The average molecular weight is 294 g/mol. The quantitative estimate of drug-likeness (QED) is 0.610. The first kappa shape index (κ1) is 15.2.